The molecule has 4 heteroatoms. The molecule has 0 radical (unpaired) electrons. The predicted octanol–water partition coefficient (Wildman–Crippen LogP) is 2.10. The Labute approximate surface area is 83.7 Å². The van der Waals surface area contributed by atoms with Crippen LogP contribution in [0.25, 0.3) is 0 Å². The van der Waals surface area contributed by atoms with Gasteiger partial charge in [-0.25, -0.2) is 4.98 Å². The van der Waals surface area contributed by atoms with Gasteiger partial charge < -0.3 is 10.5 Å². The molecule has 0 spiro atoms. The van der Waals surface area contributed by atoms with E-state index < -0.39 is 0 Å². The molecule has 1 rings (SSSR count). The Morgan fingerprint density at radius 3 is 2.57 bits per heavy atom. The van der Waals surface area contributed by atoms with Crippen molar-refractivity contribution in [1.82, 2.24) is 4.98 Å². The van der Waals surface area contributed by atoms with Crippen LogP contribution in [0.2, 0.25) is 0 Å². The zero-order chi connectivity index (χ0) is 10.6. The lowest BCUT2D eigenvalue weighted by molar-refractivity contribution is 0.322. The van der Waals surface area contributed by atoms with Crippen LogP contribution >= 0.6 is 0 Å². The average molecular weight is 193 g/mol. The Kier molecular flexibility index (Phi) is 3.06. The predicted molar refractivity (Wildman–Crippen MR) is 57.0 cm³/mol. The van der Waals surface area contributed by atoms with Crippen LogP contribution in [0.1, 0.15) is 26.3 Å². The third kappa shape index (κ3) is 3.43. The summed E-state index contributed by atoms with van der Waals surface area (Å²) in [5.41, 5.74) is 0.770. The Bertz CT molecular complexity index is 311. The molecule has 4 nitrogen and oxygen atoms in total. The van der Waals surface area contributed by atoms with Gasteiger partial charge in [0.25, 0.3) is 0 Å². The second-order valence-electron chi connectivity index (χ2n) is 4.10. The summed E-state index contributed by atoms with van der Waals surface area (Å²) in [4.78, 5) is 4.17. The van der Waals surface area contributed by atoms with Gasteiger partial charge in [0.1, 0.15) is 5.82 Å². The molecule has 1 heterocycles. The molecular formula is C10H15N3O. The van der Waals surface area contributed by atoms with Crippen molar-refractivity contribution in [1.29, 1.82) is 0 Å². The number of nitrogens with one attached hydrogen (secondary N) is 1. The highest BCUT2D eigenvalue weighted by molar-refractivity contribution is 5.78. The first-order valence-electron chi connectivity index (χ1n) is 4.43. The van der Waals surface area contributed by atoms with Gasteiger partial charge in [-0.05, 0) is 32.9 Å². The molecule has 0 saturated carbocycles. The molecule has 76 valence electrons. The Morgan fingerprint density at radius 1 is 1.43 bits per heavy atom. The van der Waals surface area contributed by atoms with E-state index in [1.54, 1.807) is 6.20 Å². The largest absolute Gasteiger partial charge is 0.411 e. The molecule has 1 aromatic heterocycles. The minimum atomic E-state index is -0.000412. The zero-order valence-corrected chi connectivity index (χ0v) is 8.65. The fourth-order valence-corrected chi connectivity index (χ4v) is 1.01. The number of hydrogen-bond donors (Lipinski definition) is 2. The van der Waals surface area contributed by atoms with Gasteiger partial charge >= 0.3 is 0 Å². The maximum absolute atomic E-state index is 8.30. The highest BCUT2D eigenvalue weighted by Gasteiger charge is 2.09. The molecule has 0 fully saturated rings. The van der Waals surface area contributed by atoms with Crippen LogP contribution in [0.4, 0.5) is 5.82 Å². The molecule has 14 heavy (non-hydrogen) atoms. The Hall–Kier alpha value is -1.58. The number of nitrogens with zero attached hydrogens (tertiary/aromatic N) is 2. The lowest BCUT2D eigenvalue weighted by Gasteiger charge is -2.21. The number of oxime groups is 1. The first kappa shape index (κ1) is 10.5. The van der Waals surface area contributed by atoms with Gasteiger partial charge in [0.2, 0.25) is 0 Å². The molecule has 0 unspecified atom stereocenters. The molecule has 0 aromatic carbocycles. The molecule has 1 aromatic rings. The Morgan fingerprint density at radius 2 is 2.14 bits per heavy atom. The van der Waals surface area contributed by atoms with E-state index in [-0.39, 0.29) is 5.54 Å². The summed E-state index contributed by atoms with van der Waals surface area (Å²) in [5.74, 6) is 0.813. The van der Waals surface area contributed by atoms with Crippen molar-refractivity contribution < 1.29 is 5.21 Å². The molecule has 0 amide bonds. The fourth-order valence-electron chi connectivity index (χ4n) is 1.01. The van der Waals surface area contributed by atoms with E-state index in [1.165, 1.54) is 6.21 Å². The highest BCUT2D eigenvalue weighted by atomic mass is 16.4. The minimum absolute atomic E-state index is 0.000412. The van der Waals surface area contributed by atoms with E-state index in [0.29, 0.717) is 0 Å². The molecule has 0 saturated heterocycles. The SMILES string of the molecule is CC(C)(C)Nc1ccc(/C=N/O)cn1. The van der Waals surface area contributed by atoms with Crippen LogP contribution in [-0.2, 0) is 0 Å². The van der Waals surface area contributed by atoms with Crippen molar-refractivity contribution in [3.05, 3.63) is 23.9 Å². The number of rotatable bonds is 2. The maximum atomic E-state index is 8.30. The Balaban J connectivity index is 2.74. The van der Waals surface area contributed by atoms with Crippen molar-refractivity contribution in [3.8, 4) is 0 Å². The average Bonchev–Trinajstić information content (AvgIpc) is 2.06. The fraction of sp³-hybridized carbons (Fsp3) is 0.400. The molecule has 0 aliphatic heterocycles. The zero-order valence-electron chi connectivity index (χ0n) is 8.65. The van der Waals surface area contributed by atoms with Gasteiger partial charge in [0.05, 0.1) is 6.21 Å². The molecule has 0 bridgehead atoms. The highest BCUT2D eigenvalue weighted by Crippen LogP contribution is 2.11. The van der Waals surface area contributed by atoms with Gasteiger partial charge in [0.15, 0.2) is 0 Å². The molecule has 0 atom stereocenters. The second kappa shape index (κ2) is 4.09. The maximum Gasteiger partial charge on any atom is 0.126 e. The van der Waals surface area contributed by atoms with Crippen molar-refractivity contribution in [3.63, 3.8) is 0 Å². The van der Waals surface area contributed by atoms with Crippen LogP contribution in [0, 0.1) is 0 Å². The number of pyridine rings is 1. The third-order valence-corrected chi connectivity index (χ3v) is 1.50. The summed E-state index contributed by atoms with van der Waals surface area (Å²) in [6, 6.07) is 3.68. The van der Waals surface area contributed by atoms with Crippen LogP contribution in [-0.4, -0.2) is 21.9 Å². The molecule has 2 N–H and O–H groups in total. The lowest BCUT2D eigenvalue weighted by Crippen LogP contribution is -2.26. The number of anilines is 1. The van der Waals surface area contributed by atoms with Crippen LogP contribution < -0.4 is 5.32 Å². The van der Waals surface area contributed by atoms with Crippen LogP contribution in [0.15, 0.2) is 23.5 Å². The molecular weight excluding hydrogens is 178 g/mol. The first-order chi connectivity index (χ1) is 6.51. The van der Waals surface area contributed by atoms with E-state index >= 15 is 0 Å². The summed E-state index contributed by atoms with van der Waals surface area (Å²) >= 11 is 0. The molecule has 0 aliphatic carbocycles. The topological polar surface area (TPSA) is 57.5 Å². The van der Waals surface area contributed by atoms with Crippen LogP contribution in [0.5, 0.6) is 0 Å². The second-order valence-corrected chi connectivity index (χ2v) is 4.10. The normalized spacial score (nSPS) is 11.9. The molecule has 0 aliphatic rings. The van der Waals surface area contributed by atoms with E-state index in [9.17, 15) is 0 Å². The van der Waals surface area contributed by atoms with Gasteiger partial charge in [-0.2, -0.15) is 0 Å². The summed E-state index contributed by atoms with van der Waals surface area (Å²) in [7, 11) is 0. The number of hydrogen-bond acceptors (Lipinski definition) is 4. The number of aromatic nitrogens is 1. The van der Waals surface area contributed by atoms with Crippen molar-refractivity contribution in [2.24, 2.45) is 5.16 Å². The van der Waals surface area contributed by atoms with Crippen molar-refractivity contribution >= 4 is 12.0 Å². The summed E-state index contributed by atoms with van der Waals surface area (Å²) < 4.78 is 0. The smallest absolute Gasteiger partial charge is 0.126 e. The van der Waals surface area contributed by atoms with Crippen molar-refractivity contribution in [2.45, 2.75) is 26.3 Å². The van der Waals surface area contributed by atoms with Crippen molar-refractivity contribution in [2.75, 3.05) is 5.32 Å². The monoisotopic (exact) mass is 193 g/mol. The van der Waals surface area contributed by atoms with Gasteiger partial charge in [0, 0.05) is 17.3 Å². The van der Waals surface area contributed by atoms with E-state index in [2.05, 4.69) is 36.2 Å². The summed E-state index contributed by atoms with van der Waals surface area (Å²) in [6.45, 7) is 6.20. The van der Waals surface area contributed by atoms with E-state index in [4.69, 9.17) is 5.21 Å². The minimum Gasteiger partial charge on any atom is -0.411 e. The third-order valence-electron chi connectivity index (χ3n) is 1.50. The van der Waals surface area contributed by atoms with E-state index in [1.807, 2.05) is 12.1 Å². The first-order valence-corrected chi connectivity index (χ1v) is 4.43. The summed E-state index contributed by atoms with van der Waals surface area (Å²) in [6.07, 6.45) is 2.99. The van der Waals surface area contributed by atoms with Gasteiger partial charge in [-0.15, -0.1) is 0 Å². The van der Waals surface area contributed by atoms with Crippen LogP contribution in [0.3, 0.4) is 0 Å². The van der Waals surface area contributed by atoms with Gasteiger partial charge in [-0.3, -0.25) is 0 Å². The standard InChI is InChI=1S/C10H15N3O/c1-10(2,3)13-9-5-4-8(6-11-9)7-12-14/h4-7,14H,1-3H3,(H,11,13)/b12-7+. The quantitative estimate of drug-likeness (QED) is 0.429. The summed E-state index contributed by atoms with van der Waals surface area (Å²) in [5, 5.41) is 14.5. The lowest BCUT2D eigenvalue weighted by atomic mass is 10.1. The van der Waals surface area contributed by atoms with Gasteiger partial charge in [-0.1, -0.05) is 5.16 Å². The van der Waals surface area contributed by atoms with E-state index in [0.717, 1.165) is 11.4 Å².